The smallest absolute Gasteiger partial charge is 0.339 e. The second kappa shape index (κ2) is 4.79. The van der Waals surface area contributed by atoms with Gasteiger partial charge in [-0.2, -0.15) is 0 Å². The van der Waals surface area contributed by atoms with Crippen molar-refractivity contribution in [2.45, 2.75) is 32.6 Å². The van der Waals surface area contributed by atoms with Gasteiger partial charge in [0.05, 0.1) is 11.3 Å². The van der Waals surface area contributed by atoms with Crippen LogP contribution in [0.2, 0.25) is 0 Å². The Balaban J connectivity index is 1.79. The minimum Gasteiger partial charge on any atom is -0.478 e. The molecule has 102 valence electrons. The first-order valence-corrected chi connectivity index (χ1v) is 6.95. The number of aromatic nitrogens is 2. The van der Waals surface area contributed by atoms with Gasteiger partial charge in [0.2, 0.25) is 5.95 Å². The number of aromatic carboxylic acids is 1. The summed E-state index contributed by atoms with van der Waals surface area (Å²) >= 11 is 0. The summed E-state index contributed by atoms with van der Waals surface area (Å²) in [7, 11) is 0. The van der Waals surface area contributed by atoms with Crippen molar-refractivity contribution < 1.29 is 9.90 Å². The van der Waals surface area contributed by atoms with E-state index in [1.54, 1.807) is 6.92 Å². The van der Waals surface area contributed by atoms with Crippen LogP contribution in [0.1, 0.15) is 41.7 Å². The number of aryl methyl sites for hydroxylation is 1. The summed E-state index contributed by atoms with van der Waals surface area (Å²) in [6.07, 6.45) is 6.63. The van der Waals surface area contributed by atoms with Gasteiger partial charge < -0.3 is 10.0 Å². The van der Waals surface area contributed by atoms with Crippen molar-refractivity contribution in [2.75, 3.05) is 18.0 Å². The summed E-state index contributed by atoms with van der Waals surface area (Å²) in [5.41, 5.74) is 0.746. The zero-order chi connectivity index (χ0) is 13.4. The fourth-order valence-corrected chi connectivity index (χ4v) is 2.28. The lowest BCUT2D eigenvalue weighted by Crippen LogP contribution is -2.30. The fraction of sp³-hybridized carbons (Fsp3) is 0.643. The van der Waals surface area contributed by atoms with Gasteiger partial charge in [0.15, 0.2) is 0 Å². The van der Waals surface area contributed by atoms with Gasteiger partial charge in [-0.05, 0) is 44.4 Å². The van der Waals surface area contributed by atoms with Gasteiger partial charge >= 0.3 is 5.97 Å². The van der Waals surface area contributed by atoms with Crippen molar-refractivity contribution in [2.24, 2.45) is 11.8 Å². The summed E-state index contributed by atoms with van der Waals surface area (Å²) in [4.78, 5) is 21.9. The number of carbonyl (C=O) groups is 1. The van der Waals surface area contributed by atoms with Gasteiger partial charge in [-0.1, -0.05) is 0 Å². The molecule has 5 nitrogen and oxygen atoms in total. The van der Waals surface area contributed by atoms with Gasteiger partial charge in [-0.15, -0.1) is 0 Å². The summed E-state index contributed by atoms with van der Waals surface area (Å²) in [6, 6.07) is 0. The number of hydrogen-bond acceptors (Lipinski definition) is 4. The first-order valence-electron chi connectivity index (χ1n) is 6.95. The van der Waals surface area contributed by atoms with Crippen molar-refractivity contribution in [1.82, 2.24) is 9.97 Å². The zero-order valence-corrected chi connectivity index (χ0v) is 11.2. The highest BCUT2D eigenvalue weighted by Gasteiger charge is 2.30. The Labute approximate surface area is 112 Å². The molecule has 1 heterocycles. The zero-order valence-electron chi connectivity index (χ0n) is 11.2. The standard InChI is InChI=1S/C14H19N3O2/c1-9-12(13(18)19)6-15-14(16-9)17(7-10-2-3-10)8-11-4-5-11/h6,10-11H,2-5,7-8H2,1H3,(H,18,19). The molecule has 0 atom stereocenters. The lowest BCUT2D eigenvalue weighted by Gasteiger charge is -2.22. The van der Waals surface area contributed by atoms with Crippen molar-refractivity contribution in [3.05, 3.63) is 17.5 Å². The van der Waals surface area contributed by atoms with E-state index in [-0.39, 0.29) is 5.56 Å². The summed E-state index contributed by atoms with van der Waals surface area (Å²) in [5, 5.41) is 9.01. The molecule has 0 saturated heterocycles. The van der Waals surface area contributed by atoms with Crippen LogP contribution >= 0.6 is 0 Å². The Morgan fingerprint density at radius 3 is 2.32 bits per heavy atom. The van der Waals surface area contributed by atoms with E-state index in [0.29, 0.717) is 11.6 Å². The Kier molecular flexibility index (Phi) is 3.12. The van der Waals surface area contributed by atoms with Gasteiger partial charge in [0.25, 0.3) is 0 Å². The molecule has 2 saturated carbocycles. The van der Waals surface area contributed by atoms with E-state index in [1.807, 2.05) is 0 Å². The third kappa shape index (κ3) is 3.03. The van der Waals surface area contributed by atoms with Crippen LogP contribution in [0.15, 0.2) is 6.20 Å². The molecule has 0 spiro atoms. The second-order valence-electron chi connectivity index (χ2n) is 5.77. The van der Waals surface area contributed by atoms with Crippen LogP contribution in [-0.2, 0) is 0 Å². The molecule has 19 heavy (non-hydrogen) atoms. The average Bonchev–Trinajstić information content (AvgIpc) is 3.22. The minimum atomic E-state index is -0.958. The summed E-state index contributed by atoms with van der Waals surface area (Å²) in [5.74, 6) is 1.30. The molecule has 2 aliphatic rings. The number of nitrogens with zero attached hydrogens (tertiary/aromatic N) is 3. The van der Waals surface area contributed by atoms with E-state index in [0.717, 1.165) is 24.9 Å². The van der Waals surface area contributed by atoms with E-state index in [2.05, 4.69) is 14.9 Å². The maximum absolute atomic E-state index is 11.0. The molecule has 2 aliphatic carbocycles. The van der Waals surface area contributed by atoms with Gasteiger partial charge in [-0.25, -0.2) is 14.8 Å². The molecule has 1 N–H and O–H groups in total. The molecule has 1 aromatic heterocycles. The number of carboxylic acid groups (broad SMARTS) is 1. The molecule has 1 aromatic rings. The molecule has 5 heteroatoms. The highest BCUT2D eigenvalue weighted by molar-refractivity contribution is 5.88. The molecule has 0 bridgehead atoms. The van der Waals surface area contributed by atoms with Gasteiger partial charge in [0, 0.05) is 19.3 Å². The van der Waals surface area contributed by atoms with Crippen LogP contribution in [0.25, 0.3) is 0 Å². The predicted octanol–water partition coefficient (Wildman–Crippen LogP) is 2.11. The molecular formula is C14H19N3O2. The Bertz CT molecular complexity index is 481. The molecule has 0 aliphatic heterocycles. The number of hydrogen-bond donors (Lipinski definition) is 1. The normalized spacial score (nSPS) is 18.4. The molecular weight excluding hydrogens is 242 g/mol. The molecule has 3 rings (SSSR count). The van der Waals surface area contributed by atoms with Crippen molar-refractivity contribution in [3.63, 3.8) is 0 Å². The SMILES string of the molecule is Cc1nc(N(CC2CC2)CC2CC2)ncc1C(=O)O. The largest absolute Gasteiger partial charge is 0.478 e. The Morgan fingerprint density at radius 1 is 1.32 bits per heavy atom. The summed E-state index contributed by atoms with van der Waals surface area (Å²) in [6.45, 7) is 3.77. The Hall–Kier alpha value is -1.65. The second-order valence-corrected chi connectivity index (χ2v) is 5.77. The van der Waals surface area contributed by atoms with Crippen LogP contribution in [0.3, 0.4) is 0 Å². The van der Waals surface area contributed by atoms with E-state index >= 15 is 0 Å². The van der Waals surface area contributed by atoms with Crippen molar-refractivity contribution >= 4 is 11.9 Å². The number of anilines is 1. The van der Waals surface area contributed by atoms with Crippen LogP contribution in [0, 0.1) is 18.8 Å². The van der Waals surface area contributed by atoms with E-state index < -0.39 is 5.97 Å². The molecule has 0 unspecified atom stereocenters. The number of rotatable bonds is 6. The number of carboxylic acids is 1. The minimum absolute atomic E-state index is 0.196. The van der Waals surface area contributed by atoms with Crippen LogP contribution in [-0.4, -0.2) is 34.1 Å². The molecule has 0 aromatic carbocycles. The third-order valence-corrected chi connectivity index (χ3v) is 3.83. The predicted molar refractivity (Wildman–Crippen MR) is 71.4 cm³/mol. The lowest BCUT2D eigenvalue weighted by atomic mass is 10.2. The fourth-order valence-electron chi connectivity index (χ4n) is 2.28. The lowest BCUT2D eigenvalue weighted by molar-refractivity contribution is 0.0695. The molecule has 2 fully saturated rings. The maximum atomic E-state index is 11.0. The molecule has 0 amide bonds. The van der Waals surface area contributed by atoms with E-state index in [9.17, 15) is 4.79 Å². The van der Waals surface area contributed by atoms with E-state index in [1.165, 1.54) is 31.9 Å². The Morgan fingerprint density at radius 2 is 1.89 bits per heavy atom. The average molecular weight is 261 g/mol. The molecule has 0 radical (unpaired) electrons. The maximum Gasteiger partial charge on any atom is 0.339 e. The van der Waals surface area contributed by atoms with Crippen LogP contribution < -0.4 is 4.90 Å². The van der Waals surface area contributed by atoms with E-state index in [4.69, 9.17) is 5.11 Å². The van der Waals surface area contributed by atoms with Crippen molar-refractivity contribution in [1.29, 1.82) is 0 Å². The van der Waals surface area contributed by atoms with Crippen LogP contribution in [0.5, 0.6) is 0 Å². The van der Waals surface area contributed by atoms with Crippen LogP contribution in [0.4, 0.5) is 5.95 Å². The first-order chi connectivity index (χ1) is 9.13. The topological polar surface area (TPSA) is 66.3 Å². The highest BCUT2D eigenvalue weighted by Crippen LogP contribution is 2.34. The first kappa shape index (κ1) is 12.4. The highest BCUT2D eigenvalue weighted by atomic mass is 16.4. The van der Waals surface area contributed by atoms with Gasteiger partial charge in [-0.3, -0.25) is 0 Å². The third-order valence-electron chi connectivity index (χ3n) is 3.83. The quantitative estimate of drug-likeness (QED) is 0.849. The van der Waals surface area contributed by atoms with Crippen molar-refractivity contribution in [3.8, 4) is 0 Å². The summed E-state index contributed by atoms with van der Waals surface area (Å²) < 4.78 is 0. The van der Waals surface area contributed by atoms with Gasteiger partial charge in [0.1, 0.15) is 0 Å². The monoisotopic (exact) mass is 261 g/mol.